The van der Waals surface area contributed by atoms with E-state index in [1.54, 1.807) is 0 Å². The van der Waals surface area contributed by atoms with Crippen LogP contribution in [-0.2, 0) is 6.54 Å². The fraction of sp³-hybridized carbons (Fsp3) is 0.250. The number of anilines is 1. The maximum Gasteiger partial charge on any atom is 0.135 e. The van der Waals surface area contributed by atoms with E-state index in [1.807, 2.05) is 6.07 Å². The molecule has 134 valence electrons. The maximum atomic E-state index is 6.09. The monoisotopic (exact) mass is 354 g/mol. The van der Waals surface area contributed by atoms with Gasteiger partial charge >= 0.3 is 0 Å². The normalized spacial score (nSPS) is 23.9. The Morgan fingerprint density at radius 3 is 2.67 bits per heavy atom. The molecule has 3 heteroatoms. The highest BCUT2D eigenvalue weighted by Gasteiger charge is 2.42. The first-order valence-corrected chi connectivity index (χ1v) is 9.73. The van der Waals surface area contributed by atoms with Crippen molar-refractivity contribution in [2.24, 2.45) is 0 Å². The van der Waals surface area contributed by atoms with E-state index < -0.39 is 0 Å². The summed E-state index contributed by atoms with van der Waals surface area (Å²) < 4.78 is 6.09. The van der Waals surface area contributed by atoms with E-state index in [0.717, 1.165) is 24.3 Å². The first kappa shape index (κ1) is 15.3. The van der Waals surface area contributed by atoms with Gasteiger partial charge < -0.3 is 9.32 Å². The second-order valence-corrected chi connectivity index (χ2v) is 7.92. The Bertz CT molecular complexity index is 1190. The number of hydrogen-bond acceptors (Lipinski definition) is 3. The third kappa shape index (κ3) is 2.06. The minimum Gasteiger partial charge on any atom is -0.456 e. The topological polar surface area (TPSA) is 19.6 Å². The van der Waals surface area contributed by atoms with Gasteiger partial charge in [0.2, 0.25) is 0 Å². The van der Waals surface area contributed by atoms with Crippen molar-refractivity contribution < 1.29 is 4.42 Å². The van der Waals surface area contributed by atoms with Crippen LogP contribution in [0.4, 0.5) is 5.69 Å². The van der Waals surface area contributed by atoms with Gasteiger partial charge in [-0.15, -0.1) is 0 Å². The van der Waals surface area contributed by atoms with Crippen molar-refractivity contribution in [1.82, 2.24) is 4.90 Å². The number of para-hydroxylation sites is 1. The molecular formula is C24H22N2O. The third-order valence-corrected chi connectivity index (χ3v) is 6.44. The highest BCUT2D eigenvalue weighted by atomic mass is 16.3. The van der Waals surface area contributed by atoms with Crippen molar-refractivity contribution in [2.45, 2.75) is 32.6 Å². The quantitative estimate of drug-likeness (QED) is 0.442. The van der Waals surface area contributed by atoms with Crippen LogP contribution in [0.25, 0.3) is 21.9 Å². The molecule has 2 bridgehead atoms. The van der Waals surface area contributed by atoms with Gasteiger partial charge in [0.25, 0.3) is 0 Å². The standard InChI is InChI=1S/C24H22N2O/c1-15-11-24-20(19-9-5-6-10-23(19)27-24)12-21(15)26-16(2)25-13-17-7-3-4-8-18(17)22(26)14-25/h3-12,16,22H,13-14H2,1-2H3. The number of hydrogen-bond donors (Lipinski definition) is 0. The van der Waals surface area contributed by atoms with Gasteiger partial charge in [-0.05, 0) is 48.7 Å². The Balaban J connectivity index is 1.57. The van der Waals surface area contributed by atoms with E-state index in [9.17, 15) is 0 Å². The van der Waals surface area contributed by atoms with Gasteiger partial charge in [-0.25, -0.2) is 0 Å². The van der Waals surface area contributed by atoms with Crippen LogP contribution >= 0.6 is 0 Å². The smallest absolute Gasteiger partial charge is 0.135 e. The molecule has 6 rings (SSSR count). The largest absolute Gasteiger partial charge is 0.456 e. The summed E-state index contributed by atoms with van der Waals surface area (Å²) in [4.78, 5) is 5.20. The molecule has 2 aliphatic heterocycles. The minimum atomic E-state index is 0.386. The van der Waals surface area contributed by atoms with Crippen LogP contribution < -0.4 is 4.90 Å². The molecule has 27 heavy (non-hydrogen) atoms. The van der Waals surface area contributed by atoms with Crippen molar-refractivity contribution in [3.05, 3.63) is 77.4 Å². The van der Waals surface area contributed by atoms with E-state index in [-0.39, 0.29) is 0 Å². The van der Waals surface area contributed by atoms with Crippen LogP contribution in [-0.4, -0.2) is 17.6 Å². The number of nitrogens with zero attached hydrogens (tertiary/aromatic N) is 2. The molecule has 3 unspecified atom stereocenters. The van der Waals surface area contributed by atoms with Crippen LogP contribution in [0.2, 0.25) is 0 Å². The first-order valence-electron chi connectivity index (χ1n) is 9.73. The molecule has 2 aliphatic rings. The van der Waals surface area contributed by atoms with Crippen molar-refractivity contribution in [3.8, 4) is 0 Å². The maximum absolute atomic E-state index is 6.09. The number of furan rings is 1. The summed E-state index contributed by atoms with van der Waals surface area (Å²) >= 11 is 0. The minimum absolute atomic E-state index is 0.386. The predicted octanol–water partition coefficient (Wildman–Crippen LogP) is 5.62. The van der Waals surface area contributed by atoms with Crippen LogP contribution in [0.15, 0.2) is 65.1 Å². The first-order chi connectivity index (χ1) is 13.2. The molecule has 0 saturated carbocycles. The second-order valence-electron chi connectivity index (χ2n) is 7.92. The molecule has 0 amide bonds. The number of aryl methyl sites for hydroxylation is 1. The summed E-state index contributed by atoms with van der Waals surface area (Å²) in [6, 6.07) is 22.2. The van der Waals surface area contributed by atoms with E-state index in [2.05, 4.69) is 78.2 Å². The van der Waals surface area contributed by atoms with Crippen molar-refractivity contribution in [1.29, 1.82) is 0 Å². The molecule has 1 aromatic heterocycles. The van der Waals surface area contributed by atoms with Gasteiger partial charge in [-0.2, -0.15) is 0 Å². The SMILES string of the molecule is Cc1cc2oc3ccccc3c2cc1N1C2CN(Cc3ccccc32)C1C. The average Bonchev–Trinajstić information content (AvgIpc) is 3.17. The summed E-state index contributed by atoms with van der Waals surface area (Å²) in [6.07, 6.45) is 0.386. The lowest BCUT2D eigenvalue weighted by molar-refractivity contribution is 0.252. The molecule has 0 N–H and O–H groups in total. The van der Waals surface area contributed by atoms with Crippen molar-refractivity contribution >= 4 is 27.6 Å². The lowest BCUT2D eigenvalue weighted by atomic mass is 9.96. The van der Waals surface area contributed by atoms with Gasteiger partial charge in [0, 0.05) is 29.5 Å². The Morgan fingerprint density at radius 2 is 1.74 bits per heavy atom. The molecule has 0 spiro atoms. The van der Waals surface area contributed by atoms with Crippen LogP contribution in [0.1, 0.15) is 29.7 Å². The number of fused-ring (bicyclic) bond motifs is 7. The average molecular weight is 354 g/mol. The van der Waals surface area contributed by atoms with Gasteiger partial charge in [0.15, 0.2) is 0 Å². The summed E-state index contributed by atoms with van der Waals surface area (Å²) in [5.74, 6) is 0. The Morgan fingerprint density at radius 1 is 0.926 bits per heavy atom. The van der Waals surface area contributed by atoms with E-state index in [1.165, 1.54) is 33.2 Å². The highest BCUT2D eigenvalue weighted by Crippen LogP contribution is 2.45. The molecule has 0 radical (unpaired) electrons. The zero-order valence-electron chi connectivity index (χ0n) is 15.6. The molecular weight excluding hydrogens is 332 g/mol. The number of benzene rings is 3. The lowest BCUT2D eigenvalue weighted by Gasteiger charge is -2.31. The number of rotatable bonds is 1. The molecule has 1 saturated heterocycles. The van der Waals surface area contributed by atoms with Crippen molar-refractivity contribution in [2.75, 3.05) is 11.4 Å². The molecule has 3 atom stereocenters. The van der Waals surface area contributed by atoms with Gasteiger partial charge in [0.05, 0.1) is 12.2 Å². The van der Waals surface area contributed by atoms with Gasteiger partial charge in [-0.1, -0.05) is 42.5 Å². The lowest BCUT2D eigenvalue weighted by Crippen LogP contribution is -2.35. The molecule has 1 fully saturated rings. The molecule has 0 aliphatic carbocycles. The zero-order chi connectivity index (χ0) is 18.1. The van der Waals surface area contributed by atoms with Crippen molar-refractivity contribution in [3.63, 3.8) is 0 Å². The molecule has 3 nitrogen and oxygen atoms in total. The van der Waals surface area contributed by atoms with E-state index >= 15 is 0 Å². The van der Waals surface area contributed by atoms with E-state index in [4.69, 9.17) is 4.42 Å². The van der Waals surface area contributed by atoms with Crippen LogP contribution in [0, 0.1) is 6.92 Å². The predicted molar refractivity (Wildman–Crippen MR) is 110 cm³/mol. The van der Waals surface area contributed by atoms with Crippen LogP contribution in [0.3, 0.4) is 0 Å². The second kappa shape index (κ2) is 5.37. The van der Waals surface area contributed by atoms with Gasteiger partial charge in [0.1, 0.15) is 11.2 Å². The van der Waals surface area contributed by atoms with Crippen LogP contribution in [0.5, 0.6) is 0 Å². The molecule has 3 aromatic carbocycles. The zero-order valence-corrected chi connectivity index (χ0v) is 15.6. The fourth-order valence-electron chi connectivity index (χ4n) is 5.07. The Kier molecular flexibility index (Phi) is 3.04. The van der Waals surface area contributed by atoms with E-state index in [0.29, 0.717) is 12.2 Å². The van der Waals surface area contributed by atoms with Gasteiger partial charge in [-0.3, -0.25) is 4.90 Å². The Labute approximate surface area is 158 Å². The Hall–Kier alpha value is -2.78. The fourth-order valence-corrected chi connectivity index (χ4v) is 5.07. The summed E-state index contributed by atoms with van der Waals surface area (Å²) in [7, 11) is 0. The summed E-state index contributed by atoms with van der Waals surface area (Å²) in [5, 5.41) is 2.41. The highest BCUT2D eigenvalue weighted by molar-refractivity contribution is 6.06. The summed E-state index contributed by atoms with van der Waals surface area (Å²) in [6.45, 7) is 6.68. The third-order valence-electron chi connectivity index (χ3n) is 6.44. The molecule has 3 heterocycles. The molecule has 4 aromatic rings. The summed E-state index contributed by atoms with van der Waals surface area (Å²) in [5.41, 5.74) is 7.50.